The average Bonchev–Trinajstić information content (AvgIpc) is 3.09. The maximum Gasteiger partial charge on any atom is 0.264 e. The van der Waals surface area contributed by atoms with Crippen molar-refractivity contribution in [3.8, 4) is 0 Å². The molecule has 0 unspecified atom stereocenters. The summed E-state index contributed by atoms with van der Waals surface area (Å²) in [6.45, 7) is 2.42. The molecule has 4 rings (SSSR count). The maximum absolute atomic E-state index is 12.4. The van der Waals surface area contributed by atoms with E-state index in [0.29, 0.717) is 32.0 Å². The summed E-state index contributed by atoms with van der Waals surface area (Å²) >= 11 is 1.47. The molecule has 3 heterocycles. The summed E-state index contributed by atoms with van der Waals surface area (Å²) in [5, 5.41) is 4.86. The van der Waals surface area contributed by atoms with Crippen molar-refractivity contribution in [3.05, 3.63) is 40.1 Å². The van der Waals surface area contributed by atoms with Crippen molar-refractivity contribution in [3.63, 3.8) is 0 Å². The van der Waals surface area contributed by atoms with Crippen LogP contribution in [-0.2, 0) is 24.4 Å². The Morgan fingerprint density at radius 1 is 1.33 bits per heavy atom. The van der Waals surface area contributed by atoms with Gasteiger partial charge in [-0.25, -0.2) is 4.98 Å². The van der Waals surface area contributed by atoms with Gasteiger partial charge in [0.1, 0.15) is 5.82 Å². The number of fused-ring (bicyclic) bond motifs is 1. The molecule has 1 N–H and O–H groups in total. The Morgan fingerprint density at radius 2 is 2.21 bits per heavy atom. The van der Waals surface area contributed by atoms with E-state index in [1.165, 1.54) is 24.2 Å². The molecule has 2 aromatic heterocycles. The van der Waals surface area contributed by atoms with Crippen molar-refractivity contribution < 1.29 is 9.59 Å². The number of hydrogen-bond acceptors (Lipinski definition) is 4. The van der Waals surface area contributed by atoms with Crippen LogP contribution >= 0.6 is 11.3 Å². The molecule has 0 bridgehead atoms. The molecule has 2 aromatic rings. The lowest BCUT2D eigenvalue weighted by atomic mass is 10.3. The third-order valence-corrected chi connectivity index (χ3v) is 5.37. The van der Waals surface area contributed by atoms with Crippen molar-refractivity contribution in [1.29, 1.82) is 0 Å². The third-order valence-electron chi connectivity index (χ3n) is 4.51. The van der Waals surface area contributed by atoms with Crippen LogP contribution in [0.3, 0.4) is 0 Å². The minimum absolute atomic E-state index is 0.0681. The molecule has 7 heteroatoms. The van der Waals surface area contributed by atoms with Crippen LogP contribution in [0.1, 0.15) is 40.5 Å². The minimum atomic E-state index is 0.0681. The third kappa shape index (κ3) is 3.36. The Labute approximate surface area is 144 Å². The van der Waals surface area contributed by atoms with E-state index in [9.17, 15) is 9.59 Å². The summed E-state index contributed by atoms with van der Waals surface area (Å²) < 4.78 is 2.08. The molecule has 0 radical (unpaired) electrons. The number of carbonyl (C=O) groups is 2. The van der Waals surface area contributed by atoms with E-state index in [1.54, 1.807) is 0 Å². The maximum atomic E-state index is 12.4. The van der Waals surface area contributed by atoms with Crippen molar-refractivity contribution >= 4 is 23.2 Å². The highest BCUT2D eigenvalue weighted by molar-refractivity contribution is 7.12. The molecule has 0 spiro atoms. The Morgan fingerprint density at radius 3 is 2.96 bits per heavy atom. The van der Waals surface area contributed by atoms with Crippen LogP contribution in [0.2, 0.25) is 0 Å². The number of nitrogens with one attached hydrogen (secondary N) is 1. The molecule has 2 aliphatic rings. The fourth-order valence-electron chi connectivity index (χ4n) is 2.97. The first-order valence-electron chi connectivity index (χ1n) is 8.33. The van der Waals surface area contributed by atoms with Gasteiger partial charge in [-0.3, -0.25) is 9.59 Å². The zero-order valence-electron chi connectivity index (χ0n) is 13.4. The van der Waals surface area contributed by atoms with E-state index in [1.807, 2.05) is 28.6 Å². The zero-order chi connectivity index (χ0) is 16.5. The molecular formula is C17H20N4O2S. The van der Waals surface area contributed by atoms with Crippen LogP contribution in [0.5, 0.6) is 0 Å². The number of rotatable bonds is 5. The van der Waals surface area contributed by atoms with E-state index in [2.05, 4.69) is 14.9 Å². The van der Waals surface area contributed by atoms with E-state index < -0.39 is 0 Å². The Balaban J connectivity index is 1.36. The quantitative estimate of drug-likeness (QED) is 0.902. The van der Waals surface area contributed by atoms with Gasteiger partial charge in [-0.2, -0.15) is 0 Å². The fraction of sp³-hybridized carbons (Fsp3) is 0.471. The predicted molar refractivity (Wildman–Crippen MR) is 90.5 cm³/mol. The van der Waals surface area contributed by atoms with Crippen LogP contribution in [0.4, 0.5) is 0 Å². The Kier molecular flexibility index (Phi) is 4.10. The Hall–Kier alpha value is -2.15. The number of imidazole rings is 1. The van der Waals surface area contributed by atoms with E-state index in [0.717, 1.165) is 22.9 Å². The standard InChI is InChI=1S/C17H20N4O2S/c22-16(8-12-3-4-12)18-9-13-10-20-5-6-21(11-15(20)19-13)17(23)14-2-1-7-24-14/h1-2,7,10,12H,3-6,8-9,11H2,(H,18,22). The van der Waals surface area contributed by atoms with Gasteiger partial charge in [-0.15, -0.1) is 11.3 Å². The van der Waals surface area contributed by atoms with Gasteiger partial charge >= 0.3 is 0 Å². The van der Waals surface area contributed by atoms with Crippen LogP contribution in [-0.4, -0.2) is 32.8 Å². The van der Waals surface area contributed by atoms with Gasteiger partial charge in [0, 0.05) is 25.7 Å². The highest BCUT2D eigenvalue weighted by Gasteiger charge is 2.25. The van der Waals surface area contributed by atoms with Gasteiger partial charge in [-0.1, -0.05) is 6.07 Å². The predicted octanol–water partition coefficient (Wildman–Crippen LogP) is 2.02. The van der Waals surface area contributed by atoms with Crippen LogP contribution in [0.15, 0.2) is 23.7 Å². The highest BCUT2D eigenvalue weighted by atomic mass is 32.1. The Bertz CT molecular complexity index is 749. The molecule has 1 aliphatic heterocycles. The lowest BCUT2D eigenvalue weighted by Gasteiger charge is -2.27. The average molecular weight is 344 g/mol. The van der Waals surface area contributed by atoms with E-state index in [4.69, 9.17) is 0 Å². The largest absolute Gasteiger partial charge is 0.350 e. The fourth-order valence-corrected chi connectivity index (χ4v) is 3.66. The molecule has 0 aromatic carbocycles. The van der Waals surface area contributed by atoms with Crippen molar-refractivity contribution in [2.24, 2.45) is 5.92 Å². The van der Waals surface area contributed by atoms with Gasteiger partial charge in [-0.05, 0) is 30.2 Å². The first kappa shape index (κ1) is 15.4. The molecule has 126 valence electrons. The summed E-state index contributed by atoms with van der Waals surface area (Å²) in [5.74, 6) is 1.66. The molecular weight excluding hydrogens is 324 g/mol. The smallest absolute Gasteiger partial charge is 0.264 e. The molecule has 0 saturated heterocycles. The number of aromatic nitrogens is 2. The van der Waals surface area contributed by atoms with Crippen molar-refractivity contribution in [2.45, 2.75) is 38.9 Å². The summed E-state index contributed by atoms with van der Waals surface area (Å²) in [7, 11) is 0. The summed E-state index contributed by atoms with van der Waals surface area (Å²) in [6, 6.07) is 3.75. The topological polar surface area (TPSA) is 67.2 Å². The van der Waals surface area contributed by atoms with Crippen molar-refractivity contribution in [2.75, 3.05) is 6.54 Å². The SMILES string of the molecule is O=C(CC1CC1)NCc1cn2c(n1)CN(C(=O)c1cccs1)CC2. The second-order valence-corrected chi connectivity index (χ2v) is 7.42. The minimum Gasteiger partial charge on any atom is -0.350 e. The first-order valence-corrected chi connectivity index (χ1v) is 9.21. The van der Waals surface area contributed by atoms with Gasteiger partial charge in [0.25, 0.3) is 5.91 Å². The zero-order valence-corrected chi connectivity index (χ0v) is 14.2. The van der Waals surface area contributed by atoms with Gasteiger partial charge < -0.3 is 14.8 Å². The van der Waals surface area contributed by atoms with Gasteiger partial charge in [0.05, 0.1) is 23.7 Å². The van der Waals surface area contributed by atoms with Crippen LogP contribution < -0.4 is 5.32 Å². The highest BCUT2D eigenvalue weighted by Crippen LogP contribution is 2.32. The second-order valence-electron chi connectivity index (χ2n) is 6.47. The second kappa shape index (κ2) is 6.39. The number of carbonyl (C=O) groups excluding carboxylic acids is 2. The molecule has 1 saturated carbocycles. The summed E-state index contributed by atoms with van der Waals surface area (Å²) in [6.07, 6.45) is 4.98. The summed E-state index contributed by atoms with van der Waals surface area (Å²) in [5.41, 5.74) is 0.861. The number of hydrogen-bond donors (Lipinski definition) is 1. The van der Waals surface area contributed by atoms with Crippen LogP contribution in [0.25, 0.3) is 0 Å². The number of amides is 2. The number of thiophene rings is 1. The molecule has 6 nitrogen and oxygen atoms in total. The molecule has 1 aliphatic carbocycles. The summed E-state index contributed by atoms with van der Waals surface area (Å²) in [4.78, 5) is 31.4. The lowest BCUT2D eigenvalue weighted by Crippen LogP contribution is -2.37. The molecule has 1 fully saturated rings. The van der Waals surface area contributed by atoms with Gasteiger partial charge in [0.15, 0.2) is 0 Å². The van der Waals surface area contributed by atoms with E-state index >= 15 is 0 Å². The monoisotopic (exact) mass is 344 g/mol. The number of nitrogens with zero attached hydrogens (tertiary/aromatic N) is 3. The van der Waals surface area contributed by atoms with Gasteiger partial charge in [0.2, 0.25) is 5.91 Å². The van der Waals surface area contributed by atoms with E-state index in [-0.39, 0.29) is 11.8 Å². The van der Waals surface area contributed by atoms with Crippen LogP contribution in [0, 0.1) is 5.92 Å². The first-order chi connectivity index (χ1) is 11.7. The molecule has 2 amide bonds. The molecule has 24 heavy (non-hydrogen) atoms. The normalized spacial score (nSPS) is 16.8. The lowest BCUT2D eigenvalue weighted by molar-refractivity contribution is -0.121. The van der Waals surface area contributed by atoms with Crippen molar-refractivity contribution in [1.82, 2.24) is 19.8 Å². The molecule has 0 atom stereocenters.